The van der Waals surface area contributed by atoms with Gasteiger partial charge in [0.2, 0.25) is 0 Å². The summed E-state index contributed by atoms with van der Waals surface area (Å²) in [4.78, 5) is 9.51. The number of hydrogen-bond donors (Lipinski definition) is 0. The van der Waals surface area contributed by atoms with E-state index in [-0.39, 0.29) is 22.4 Å². The van der Waals surface area contributed by atoms with E-state index in [1.54, 1.807) is 0 Å². The SMILES string of the molecule is CCC(/N=C/C(C)(C)C)C(C)(C)/N=C/C(C)(C)C. The van der Waals surface area contributed by atoms with E-state index in [1.807, 2.05) is 0 Å². The maximum atomic E-state index is 4.76. The third-order valence-corrected chi connectivity index (χ3v) is 2.63. The van der Waals surface area contributed by atoms with E-state index in [0.29, 0.717) is 0 Å². The largest absolute Gasteiger partial charge is 0.291 e. The van der Waals surface area contributed by atoms with Gasteiger partial charge >= 0.3 is 0 Å². The fourth-order valence-electron chi connectivity index (χ4n) is 1.55. The van der Waals surface area contributed by atoms with Gasteiger partial charge in [0, 0.05) is 12.4 Å². The molecule has 0 radical (unpaired) electrons. The van der Waals surface area contributed by atoms with Crippen molar-refractivity contribution in [2.75, 3.05) is 0 Å². The van der Waals surface area contributed by atoms with Gasteiger partial charge in [-0.3, -0.25) is 9.98 Å². The van der Waals surface area contributed by atoms with Gasteiger partial charge in [-0.05, 0) is 31.1 Å². The molecule has 0 aliphatic carbocycles. The molecule has 0 rings (SSSR count). The summed E-state index contributed by atoms with van der Waals surface area (Å²) in [6.45, 7) is 19.6. The molecule has 106 valence electrons. The van der Waals surface area contributed by atoms with Crippen LogP contribution in [0.2, 0.25) is 0 Å². The van der Waals surface area contributed by atoms with Crippen molar-refractivity contribution < 1.29 is 0 Å². The molecule has 1 unspecified atom stereocenters. The Kier molecular flexibility index (Phi) is 5.77. The molecule has 2 nitrogen and oxygen atoms in total. The van der Waals surface area contributed by atoms with Gasteiger partial charge in [-0.1, -0.05) is 48.5 Å². The van der Waals surface area contributed by atoms with E-state index in [4.69, 9.17) is 9.98 Å². The van der Waals surface area contributed by atoms with Crippen molar-refractivity contribution >= 4 is 12.4 Å². The van der Waals surface area contributed by atoms with Crippen LogP contribution in [-0.4, -0.2) is 24.0 Å². The fourth-order valence-corrected chi connectivity index (χ4v) is 1.55. The lowest BCUT2D eigenvalue weighted by atomic mass is 9.91. The Balaban J connectivity index is 4.94. The Morgan fingerprint density at radius 2 is 1.28 bits per heavy atom. The Labute approximate surface area is 114 Å². The van der Waals surface area contributed by atoms with Gasteiger partial charge < -0.3 is 0 Å². The van der Waals surface area contributed by atoms with Crippen molar-refractivity contribution in [3.63, 3.8) is 0 Å². The fraction of sp³-hybridized carbons (Fsp3) is 0.875. The molecule has 0 bridgehead atoms. The second-order valence-electron chi connectivity index (χ2n) is 7.85. The van der Waals surface area contributed by atoms with E-state index < -0.39 is 0 Å². The summed E-state index contributed by atoms with van der Waals surface area (Å²) in [5.41, 5.74) is 0.129. The van der Waals surface area contributed by atoms with E-state index in [0.717, 1.165) is 6.42 Å². The Hall–Kier alpha value is -0.660. The van der Waals surface area contributed by atoms with Gasteiger partial charge in [-0.25, -0.2) is 0 Å². The molecule has 0 N–H and O–H groups in total. The summed E-state index contributed by atoms with van der Waals surface area (Å²) in [6, 6.07) is 0.246. The Morgan fingerprint density at radius 3 is 1.61 bits per heavy atom. The summed E-state index contributed by atoms with van der Waals surface area (Å²) >= 11 is 0. The van der Waals surface area contributed by atoms with Crippen LogP contribution in [0.4, 0.5) is 0 Å². The van der Waals surface area contributed by atoms with Crippen LogP contribution in [0, 0.1) is 10.8 Å². The third-order valence-electron chi connectivity index (χ3n) is 2.63. The van der Waals surface area contributed by atoms with Crippen molar-refractivity contribution in [2.24, 2.45) is 20.8 Å². The number of aliphatic imine (C=N–C) groups is 2. The summed E-state index contributed by atoms with van der Waals surface area (Å²) in [5.74, 6) is 0. The van der Waals surface area contributed by atoms with Gasteiger partial charge in [-0.15, -0.1) is 0 Å². The van der Waals surface area contributed by atoms with Crippen LogP contribution in [0.3, 0.4) is 0 Å². The normalized spacial score (nSPS) is 16.7. The van der Waals surface area contributed by atoms with Crippen molar-refractivity contribution in [1.82, 2.24) is 0 Å². The molecule has 0 aromatic carbocycles. The number of hydrogen-bond acceptors (Lipinski definition) is 2. The quantitative estimate of drug-likeness (QED) is 0.643. The van der Waals surface area contributed by atoms with E-state index >= 15 is 0 Å². The lowest BCUT2D eigenvalue weighted by molar-refractivity contribution is 0.399. The van der Waals surface area contributed by atoms with Crippen LogP contribution in [0.15, 0.2) is 9.98 Å². The minimum absolute atomic E-state index is 0.128. The summed E-state index contributed by atoms with van der Waals surface area (Å²) in [7, 11) is 0. The smallest absolute Gasteiger partial charge is 0.0770 e. The molecule has 1 atom stereocenters. The maximum absolute atomic E-state index is 4.76. The second-order valence-corrected chi connectivity index (χ2v) is 7.85. The van der Waals surface area contributed by atoms with Crippen LogP contribution in [-0.2, 0) is 0 Å². The highest BCUT2D eigenvalue weighted by Crippen LogP contribution is 2.23. The van der Waals surface area contributed by atoms with Gasteiger partial charge in [0.15, 0.2) is 0 Å². The van der Waals surface area contributed by atoms with Crippen molar-refractivity contribution in [2.45, 2.75) is 80.3 Å². The summed E-state index contributed by atoms with van der Waals surface area (Å²) < 4.78 is 0. The van der Waals surface area contributed by atoms with Gasteiger partial charge in [-0.2, -0.15) is 0 Å². The molecular weight excluding hydrogens is 220 g/mol. The van der Waals surface area contributed by atoms with Crippen LogP contribution in [0.25, 0.3) is 0 Å². The highest BCUT2D eigenvalue weighted by Gasteiger charge is 2.27. The molecule has 0 amide bonds. The van der Waals surface area contributed by atoms with Crippen LogP contribution < -0.4 is 0 Å². The highest BCUT2D eigenvalue weighted by atomic mass is 14.9. The second kappa shape index (κ2) is 5.99. The third kappa shape index (κ3) is 7.62. The first-order valence-corrected chi connectivity index (χ1v) is 6.98. The van der Waals surface area contributed by atoms with Crippen LogP contribution >= 0.6 is 0 Å². The minimum Gasteiger partial charge on any atom is -0.291 e. The van der Waals surface area contributed by atoms with Crippen LogP contribution in [0.5, 0.6) is 0 Å². The van der Waals surface area contributed by atoms with E-state index in [9.17, 15) is 0 Å². The molecule has 2 heteroatoms. The molecule has 0 aromatic heterocycles. The van der Waals surface area contributed by atoms with Crippen molar-refractivity contribution in [1.29, 1.82) is 0 Å². The van der Waals surface area contributed by atoms with Gasteiger partial charge in [0.25, 0.3) is 0 Å². The summed E-state index contributed by atoms with van der Waals surface area (Å²) in [6.07, 6.45) is 5.14. The van der Waals surface area contributed by atoms with E-state index in [2.05, 4.69) is 74.7 Å². The standard InChI is InChI=1S/C16H32N2/c1-10-13(17-11-14(2,3)4)16(8,9)18-12-15(5,6)7/h11-13H,10H2,1-9H3/b17-11+,18-12+. The summed E-state index contributed by atoms with van der Waals surface area (Å²) in [5, 5.41) is 0. The molecule has 0 spiro atoms. The highest BCUT2D eigenvalue weighted by molar-refractivity contribution is 5.65. The molecule has 0 aliphatic rings. The minimum atomic E-state index is -0.135. The molecule has 0 aliphatic heterocycles. The zero-order chi connectivity index (χ0) is 14.6. The van der Waals surface area contributed by atoms with Gasteiger partial charge in [0.05, 0.1) is 11.6 Å². The molecule has 0 saturated heterocycles. The lowest BCUT2D eigenvalue weighted by Crippen LogP contribution is -2.34. The zero-order valence-electron chi connectivity index (χ0n) is 13.8. The zero-order valence-corrected chi connectivity index (χ0v) is 13.8. The average Bonchev–Trinajstić information content (AvgIpc) is 2.12. The monoisotopic (exact) mass is 252 g/mol. The molecular formula is C16H32N2. The molecule has 18 heavy (non-hydrogen) atoms. The van der Waals surface area contributed by atoms with Gasteiger partial charge in [0.1, 0.15) is 0 Å². The predicted molar refractivity (Wildman–Crippen MR) is 84.1 cm³/mol. The number of nitrogens with zero attached hydrogens (tertiary/aromatic N) is 2. The Bertz CT molecular complexity index is 298. The van der Waals surface area contributed by atoms with Crippen LogP contribution in [0.1, 0.15) is 68.7 Å². The molecule has 0 saturated carbocycles. The molecule has 0 fully saturated rings. The Morgan fingerprint density at radius 1 is 0.833 bits per heavy atom. The maximum Gasteiger partial charge on any atom is 0.0770 e. The molecule has 0 heterocycles. The average molecular weight is 252 g/mol. The van der Waals surface area contributed by atoms with Crippen molar-refractivity contribution in [3.8, 4) is 0 Å². The topological polar surface area (TPSA) is 24.7 Å². The number of rotatable bonds is 4. The molecule has 0 aromatic rings. The predicted octanol–water partition coefficient (Wildman–Crippen LogP) is 4.78. The van der Waals surface area contributed by atoms with E-state index in [1.165, 1.54) is 0 Å². The van der Waals surface area contributed by atoms with Crippen molar-refractivity contribution in [3.05, 3.63) is 0 Å². The first kappa shape index (κ1) is 17.3. The lowest BCUT2D eigenvalue weighted by Gasteiger charge is -2.29. The first-order chi connectivity index (χ1) is 7.87. The first-order valence-electron chi connectivity index (χ1n) is 6.98.